The van der Waals surface area contributed by atoms with Crippen LogP contribution in [0.5, 0.6) is 5.75 Å². The Kier molecular flexibility index (Phi) is 4.62. The molecule has 3 rings (SSSR count). The maximum atomic E-state index is 10.9. The SMILES string of the molecule is CC(=O)NCCc1c[nH]c2cc(OCc3ccccc3)ccc12. The van der Waals surface area contributed by atoms with Crippen molar-refractivity contribution in [3.05, 3.63) is 65.9 Å². The van der Waals surface area contributed by atoms with Gasteiger partial charge in [0, 0.05) is 36.6 Å². The zero-order chi connectivity index (χ0) is 16.1. The molecular formula is C19H20N2O2. The van der Waals surface area contributed by atoms with E-state index >= 15 is 0 Å². The molecule has 0 unspecified atom stereocenters. The predicted octanol–water partition coefficient (Wildman–Crippen LogP) is 3.43. The molecule has 4 heteroatoms. The van der Waals surface area contributed by atoms with E-state index in [1.54, 1.807) is 0 Å². The number of benzene rings is 2. The van der Waals surface area contributed by atoms with Gasteiger partial charge in [-0.1, -0.05) is 30.3 Å². The molecule has 2 N–H and O–H groups in total. The first-order valence-electron chi connectivity index (χ1n) is 7.73. The van der Waals surface area contributed by atoms with Gasteiger partial charge >= 0.3 is 0 Å². The number of carbonyl (C=O) groups is 1. The Balaban J connectivity index is 1.67. The zero-order valence-electron chi connectivity index (χ0n) is 13.1. The molecular weight excluding hydrogens is 288 g/mol. The van der Waals surface area contributed by atoms with Crippen LogP contribution in [0.25, 0.3) is 10.9 Å². The predicted molar refractivity (Wildman–Crippen MR) is 91.5 cm³/mol. The van der Waals surface area contributed by atoms with Gasteiger partial charge < -0.3 is 15.0 Å². The van der Waals surface area contributed by atoms with Crippen molar-refractivity contribution in [2.45, 2.75) is 20.0 Å². The number of nitrogens with one attached hydrogen (secondary N) is 2. The molecule has 0 bridgehead atoms. The Hall–Kier alpha value is -2.75. The van der Waals surface area contributed by atoms with E-state index in [0.29, 0.717) is 13.2 Å². The largest absolute Gasteiger partial charge is 0.489 e. The zero-order valence-corrected chi connectivity index (χ0v) is 13.1. The molecule has 0 spiro atoms. The lowest BCUT2D eigenvalue weighted by atomic mass is 10.1. The van der Waals surface area contributed by atoms with Gasteiger partial charge in [0.15, 0.2) is 0 Å². The normalized spacial score (nSPS) is 10.7. The maximum Gasteiger partial charge on any atom is 0.216 e. The second-order valence-corrected chi connectivity index (χ2v) is 5.53. The number of amides is 1. The standard InChI is InChI=1S/C19H20N2O2/c1-14(22)20-10-9-16-12-21-19-11-17(7-8-18(16)19)23-13-15-5-3-2-4-6-15/h2-8,11-12,21H,9-10,13H2,1H3,(H,20,22). The molecule has 0 saturated carbocycles. The molecule has 3 aromatic rings. The van der Waals surface area contributed by atoms with Crippen LogP contribution in [0.15, 0.2) is 54.7 Å². The number of carbonyl (C=O) groups excluding carboxylic acids is 1. The smallest absolute Gasteiger partial charge is 0.216 e. The van der Waals surface area contributed by atoms with E-state index < -0.39 is 0 Å². The second kappa shape index (κ2) is 7.01. The lowest BCUT2D eigenvalue weighted by Crippen LogP contribution is -2.22. The van der Waals surface area contributed by atoms with Crippen LogP contribution >= 0.6 is 0 Å². The van der Waals surface area contributed by atoms with E-state index in [1.807, 2.05) is 48.7 Å². The van der Waals surface area contributed by atoms with Gasteiger partial charge in [0.25, 0.3) is 0 Å². The van der Waals surface area contributed by atoms with Crippen molar-refractivity contribution in [3.8, 4) is 5.75 Å². The summed E-state index contributed by atoms with van der Waals surface area (Å²) >= 11 is 0. The molecule has 0 atom stereocenters. The van der Waals surface area contributed by atoms with Crippen molar-refractivity contribution < 1.29 is 9.53 Å². The van der Waals surface area contributed by atoms with E-state index in [4.69, 9.17) is 4.74 Å². The quantitative estimate of drug-likeness (QED) is 0.733. The van der Waals surface area contributed by atoms with Crippen molar-refractivity contribution >= 4 is 16.8 Å². The van der Waals surface area contributed by atoms with Crippen molar-refractivity contribution in [1.82, 2.24) is 10.3 Å². The molecule has 1 aromatic heterocycles. The number of rotatable bonds is 6. The Morgan fingerprint density at radius 3 is 2.78 bits per heavy atom. The van der Waals surface area contributed by atoms with Crippen LogP contribution in [-0.2, 0) is 17.8 Å². The summed E-state index contributed by atoms with van der Waals surface area (Å²) in [7, 11) is 0. The van der Waals surface area contributed by atoms with Gasteiger partial charge in [0.05, 0.1) is 0 Å². The van der Waals surface area contributed by atoms with Gasteiger partial charge in [-0.25, -0.2) is 0 Å². The van der Waals surface area contributed by atoms with Gasteiger partial charge in [-0.2, -0.15) is 0 Å². The third-order valence-electron chi connectivity index (χ3n) is 3.76. The summed E-state index contributed by atoms with van der Waals surface area (Å²) in [5.41, 5.74) is 3.40. The van der Waals surface area contributed by atoms with Crippen molar-refractivity contribution in [3.63, 3.8) is 0 Å². The average Bonchev–Trinajstić information content (AvgIpc) is 2.96. The molecule has 1 heterocycles. The van der Waals surface area contributed by atoms with E-state index in [-0.39, 0.29) is 5.91 Å². The molecule has 0 aliphatic rings. The molecule has 118 valence electrons. The highest BCUT2D eigenvalue weighted by Crippen LogP contribution is 2.24. The molecule has 0 saturated heterocycles. The van der Waals surface area contributed by atoms with Gasteiger partial charge in [0.1, 0.15) is 12.4 Å². The Bertz CT molecular complexity index is 793. The summed E-state index contributed by atoms with van der Waals surface area (Å²) in [5, 5.41) is 3.99. The van der Waals surface area contributed by atoms with Crippen LogP contribution in [0.3, 0.4) is 0 Å². The van der Waals surface area contributed by atoms with Crippen molar-refractivity contribution in [2.75, 3.05) is 6.54 Å². The van der Waals surface area contributed by atoms with Crippen molar-refractivity contribution in [1.29, 1.82) is 0 Å². The highest BCUT2D eigenvalue weighted by molar-refractivity contribution is 5.84. The number of fused-ring (bicyclic) bond motifs is 1. The lowest BCUT2D eigenvalue weighted by Gasteiger charge is -2.07. The maximum absolute atomic E-state index is 10.9. The summed E-state index contributed by atoms with van der Waals surface area (Å²) in [4.78, 5) is 14.2. The topological polar surface area (TPSA) is 54.1 Å². The molecule has 0 aliphatic carbocycles. The Labute approximate surface area is 135 Å². The third kappa shape index (κ3) is 3.92. The molecule has 0 aliphatic heterocycles. The molecule has 2 aromatic carbocycles. The van der Waals surface area contributed by atoms with Crippen LogP contribution in [0, 0.1) is 0 Å². The first kappa shape index (κ1) is 15.2. The highest BCUT2D eigenvalue weighted by atomic mass is 16.5. The first-order chi connectivity index (χ1) is 11.2. The summed E-state index contributed by atoms with van der Waals surface area (Å²) in [5.74, 6) is 0.845. The fourth-order valence-corrected chi connectivity index (χ4v) is 2.58. The van der Waals surface area contributed by atoms with Crippen LogP contribution in [0.2, 0.25) is 0 Å². The van der Waals surface area contributed by atoms with Gasteiger partial charge in [0.2, 0.25) is 5.91 Å². The average molecular weight is 308 g/mol. The summed E-state index contributed by atoms with van der Waals surface area (Å²) in [6.45, 7) is 2.74. The number of aromatic nitrogens is 1. The molecule has 23 heavy (non-hydrogen) atoms. The number of aromatic amines is 1. The molecule has 0 radical (unpaired) electrons. The fourth-order valence-electron chi connectivity index (χ4n) is 2.58. The minimum Gasteiger partial charge on any atom is -0.489 e. The fraction of sp³-hybridized carbons (Fsp3) is 0.211. The summed E-state index contributed by atoms with van der Waals surface area (Å²) in [6, 6.07) is 16.2. The van der Waals surface area contributed by atoms with E-state index in [0.717, 1.165) is 23.3 Å². The van der Waals surface area contributed by atoms with Gasteiger partial charge in [-0.3, -0.25) is 4.79 Å². The monoisotopic (exact) mass is 308 g/mol. The van der Waals surface area contributed by atoms with Crippen LogP contribution in [0.4, 0.5) is 0 Å². The summed E-state index contributed by atoms with van der Waals surface area (Å²) < 4.78 is 5.85. The highest BCUT2D eigenvalue weighted by Gasteiger charge is 2.05. The van der Waals surface area contributed by atoms with Crippen LogP contribution in [0.1, 0.15) is 18.1 Å². The van der Waals surface area contributed by atoms with E-state index in [9.17, 15) is 4.79 Å². The van der Waals surface area contributed by atoms with Gasteiger partial charge in [-0.15, -0.1) is 0 Å². The Morgan fingerprint density at radius 1 is 1.17 bits per heavy atom. The minimum atomic E-state index is 0.00133. The molecule has 4 nitrogen and oxygen atoms in total. The number of H-pyrrole nitrogens is 1. The lowest BCUT2D eigenvalue weighted by molar-refractivity contribution is -0.118. The number of hydrogen-bond acceptors (Lipinski definition) is 2. The van der Waals surface area contributed by atoms with E-state index in [2.05, 4.69) is 16.4 Å². The first-order valence-corrected chi connectivity index (χ1v) is 7.73. The number of hydrogen-bond donors (Lipinski definition) is 2. The number of ether oxygens (including phenoxy) is 1. The minimum absolute atomic E-state index is 0.00133. The van der Waals surface area contributed by atoms with Crippen LogP contribution < -0.4 is 10.1 Å². The van der Waals surface area contributed by atoms with E-state index in [1.165, 1.54) is 17.9 Å². The van der Waals surface area contributed by atoms with Crippen molar-refractivity contribution in [2.24, 2.45) is 0 Å². The van der Waals surface area contributed by atoms with Crippen LogP contribution in [-0.4, -0.2) is 17.4 Å². The third-order valence-corrected chi connectivity index (χ3v) is 3.76. The molecule has 0 fully saturated rings. The molecule has 1 amide bonds. The second-order valence-electron chi connectivity index (χ2n) is 5.53. The van der Waals surface area contributed by atoms with Gasteiger partial charge in [-0.05, 0) is 29.7 Å². The summed E-state index contributed by atoms with van der Waals surface area (Å²) in [6.07, 6.45) is 2.80. The Morgan fingerprint density at radius 2 is 2.00 bits per heavy atom.